The van der Waals surface area contributed by atoms with E-state index >= 15 is 0 Å². The van der Waals surface area contributed by atoms with Crippen molar-refractivity contribution < 1.29 is 9.59 Å². The Bertz CT molecular complexity index is 895. The average molecular weight is 437 g/mol. The number of rotatable bonds is 4. The molecule has 0 unspecified atom stereocenters. The molecule has 9 heteroatoms. The van der Waals surface area contributed by atoms with Gasteiger partial charge < -0.3 is 20.9 Å². The smallest absolute Gasteiger partial charge is 0.243 e. The third-order valence-electron chi connectivity index (χ3n) is 4.22. The average Bonchev–Trinajstić information content (AvgIpc) is 2.68. The summed E-state index contributed by atoms with van der Waals surface area (Å²) in [5.41, 5.74) is 1.21. The number of hydrogen-bond acceptors (Lipinski definition) is 3. The first kappa shape index (κ1) is 20.4. The number of nitrogens with zero attached hydrogens (tertiary/aromatic N) is 1. The summed E-state index contributed by atoms with van der Waals surface area (Å²) in [5.74, 6) is -0.616. The third-order valence-corrected chi connectivity index (χ3v) is 5.38. The van der Waals surface area contributed by atoms with E-state index in [1.807, 2.05) is 30.3 Å². The topological polar surface area (TPSA) is 73.5 Å². The lowest BCUT2D eigenvalue weighted by Crippen LogP contribution is -2.58. The van der Waals surface area contributed by atoms with Crippen molar-refractivity contribution in [1.82, 2.24) is 10.2 Å². The summed E-state index contributed by atoms with van der Waals surface area (Å²) in [6, 6.07) is 13.6. The van der Waals surface area contributed by atoms with Gasteiger partial charge in [0.25, 0.3) is 0 Å². The van der Waals surface area contributed by atoms with Gasteiger partial charge in [0.05, 0.1) is 22.2 Å². The zero-order valence-electron chi connectivity index (χ0n) is 14.7. The third kappa shape index (κ3) is 4.92. The summed E-state index contributed by atoms with van der Waals surface area (Å²) in [5, 5.41) is 9.57. The lowest BCUT2D eigenvalue weighted by Gasteiger charge is -2.36. The molecule has 2 aromatic rings. The molecule has 1 atom stereocenters. The van der Waals surface area contributed by atoms with E-state index in [-0.39, 0.29) is 23.3 Å². The van der Waals surface area contributed by atoms with E-state index in [0.717, 1.165) is 5.69 Å². The molecule has 28 heavy (non-hydrogen) atoms. The van der Waals surface area contributed by atoms with Crippen LogP contribution in [0.3, 0.4) is 0 Å². The summed E-state index contributed by atoms with van der Waals surface area (Å²) in [6.45, 7) is 0.952. The van der Waals surface area contributed by atoms with Crippen LogP contribution >= 0.6 is 35.4 Å². The predicted molar refractivity (Wildman–Crippen MR) is 116 cm³/mol. The number of piperazine rings is 1. The lowest BCUT2D eigenvalue weighted by atomic mass is 10.1. The second kappa shape index (κ2) is 9.23. The molecule has 1 aliphatic heterocycles. The molecule has 3 rings (SSSR count). The van der Waals surface area contributed by atoms with Crippen molar-refractivity contribution in [2.75, 3.05) is 23.7 Å². The van der Waals surface area contributed by atoms with Crippen LogP contribution in [0.15, 0.2) is 48.5 Å². The Morgan fingerprint density at radius 1 is 1.14 bits per heavy atom. The van der Waals surface area contributed by atoms with E-state index in [1.165, 1.54) is 0 Å². The molecular formula is C19H18Cl2N4O2S. The van der Waals surface area contributed by atoms with Crippen LogP contribution in [0.2, 0.25) is 10.0 Å². The second-order valence-electron chi connectivity index (χ2n) is 6.15. The maximum Gasteiger partial charge on any atom is 0.243 e. The molecule has 0 radical (unpaired) electrons. The van der Waals surface area contributed by atoms with Gasteiger partial charge in [-0.15, -0.1) is 0 Å². The standard InChI is InChI=1S/C19H18Cl2N4O2S/c20-13-7-4-8-14(17(13)21)24-16(26)11-15-18(27)22-9-10-25(15)19(28)23-12-5-2-1-3-6-12/h1-8,15H,9-11H2,(H,22,27)(H,23,28)(H,24,26)/t15-/m1/s1. The molecule has 0 aliphatic carbocycles. The summed E-state index contributed by atoms with van der Waals surface area (Å²) in [4.78, 5) is 26.7. The Kier molecular flexibility index (Phi) is 6.72. The first-order valence-electron chi connectivity index (χ1n) is 8.60. The molecule has 0 aromatic heterocycles. The highest BCUT2D eigenvalue weighted by Crippen LogP contribution is 2.29. The zero-order chi connectivity index (χ0) is 20.1. The Hall–Kier alpha value is -2.35. The minimum absolute atomic E-state index is 0.0781. The Labute approximate surface area is 178 Å². The first-order valence-corrected chi connectivity index (χ1v) is 9.76. The van der Waals surface area contributed by atoms with Gasteiger partial charge in [-0.05, 0) is 36.5 Å². The van der Waals surface area contributed by atoms with Crippen LogP contribution < -0.4 is 16.0 Å². The van der Waals surface area contributed by atoms with Crippen LogP contribution in [0.5, 0.6) is 0 Å². The number of nitrogens with one attached hydrogen (secondary N) is 3. The van der Waals surface area contributed by atoms with Gasteiger partial charge in [0.15, 0.2) is 5.11 Å². The van der Waals surface area contributed by atoms with Crippen LogP contribution in [0, 0.1) is 0 Å². The number of amides is 2. The minimum Gasteiger partial charge on any atom is -0.353 e. The molecule has 2 aromatic carbocycles. The summed E-state index contributed by atoms with van der Waals surface area (Å²) >= 11 is 17.6. The van der Waals surface area contributed by atoms with E-state index in [9.17, 15) is 9.59 Å². The van der Waals surface area contributed by atoms with E-state index < -0.39 is 6.04 Å². The fourth-order valence-electron chi connectivity index (χ4n) is 2.85. The van der Waals surface area contributed by atoms with Crippen LogP contribution in [0.25, 0.3) is 0 Å². The van der Waals surface area contributed by atoms with Crippen LogP contribution in [0.1, 0.15) is 6.42 Å². The van der Waals surface area contributed by atoms with Crippen molar-refractivity contribution in [2.45, 2.75) is 12.5 Å². The molecule has 1 saturated heterocycles. The highest BCUT2D eigenvalue weighted by molar-refractivity contribution is 7.80. The van der Waals surface area contributed by atoms with Gasteiger partial charge in [0.2, 0.25) is 11.8 Å². The molecular weight excluding hydrogens is 419 g/mol. The molecule has 1 heterocycles. The fraction of sp³-hybridized carbons (Fsp3) is 0.211. The molecule has 6 nitrogen and oxygen atoms in total. The Morgan fingerprint density at radius 2 is 1.89 bits per heavy atom. The van der Waals surface area contributed by atoms with Crippen molar-refractivity contribution in [1.29, 1.82) is 0 Å². The normalized spacial score (nSPS) is 16.3. The van der Waals surface area contributed by atoms with Crippen molar-refractivity contribution in [3.63, 3.8) is 0 Å². The second-order valence-corrected chi connectivity index (χ2v) is 7.32. The van der Waals surface area contributed by atoms with Gasteiger partial charge in [-0.2, -0.15) is 0 Å². The fourth-order valence-corrected chi connectivity index (χ4v) is 3.54. The SMILES string of the molecule is O=C(C[C@@H]1C(=O)NCCN1C(=S)Nc1ccccc1)Nc1cccc(Cl)c1Cl. The van der Waals surface area contributed by atoms with E-state index in [0.29, 0.717) is 28.9 Å². The Morgan fingerprint density at radius 3 is 2.64 bits per heavy atom. The van der Waals surface area contributed by atoms with Crippen molar-refractivity contribution in [3.05, 3.63) is 58.6 Å². The number of carbonyl (C=O) groups is 2. The summed E-state index contributed by atoms with van der Waals surface area (Å²) in [7, 11) is 0. The minimum atomic E-state index is -0.726. The highest BCUT2D eigenvalue weighted by Gasteiger charge is 2.33. The number of hydrogen-bond donors (Lipinski definition) is 3. The van der Waals surface area contributed by atoms with Gasteiger partial charge in [0.1, 0.15) is 6.04 Å². The first-order chi connectivity index (χ1) is 13.5. The molecule has 1 fully saturated rings. The number of anilines is 2. The number of halogens is 2. The number of thiocarbonyl (C=S) groups is 1. The summed E-state index contributed by atoms with van der Waals surface area (Å²) in [6.07, 6.45) is -0.0781. The molecule has 1 aliphatic rings. The molecule has 2 amide bonds. The maximum absolute atomic E-state index is 12.5. The largest absolute Gasteiger partial charge is 0.353 e. The Balaban J connectivity index is 1.70. The lowest BCUT2D eigenvalue weighted by molar-refractivity contribution is -0.130. The summed E-state index contributed by atoms with van der Waals surface area (Å²) < 4.78 is 0. The number of carbonyl (C=O) groups excluding carboxylic acids is 2. The molecule has 3 N–H and O–H groups in total. The van der Waals surface area contributed by atoms with E-state index in [4.69, 9.17) is 35.4 Å². The van der Waals surface area contributed by atoms with Crippen molar-refractivity contribution in [3.8, 4) is 0 Å². The highest BCUT2D eigenvalue weighted by atomic mass is 35.5. The maximum atomic E-state index is 12.5. The number of para-hydroxylation sites is 1. The number of benzene rings is 2. The molecule has 146 valence electrons. The van der Waals surface area contributed by atoms with Crippen molar-refractivity contribution in [2.24, 2.45) is 0 Å². The monoisotopic (exact) mass is 436 g/mol. The van der Waals surface area contributed by atoms with Gasteiger partial charge in [-0.3, -0.25) is 9.59 Å². The van der Waals surface area contributed by atoms with E-state index in [2.05, 4.69) is 16.0 Å². The van der Waals surface area contributed by atoms with Gasteiger partial charge in [-0.1, -0.05) is 47.5 Å². The quantitative estimate of drug-likeness (QED) is 0.639. The van der Waals surface area contributed by atoms with Gasteiger partial charge in [0, 0.05) is 18.8 Å². The molecule has 0 saturated carbocycles. The molecule has 0 bridgehead atoms. The van der Waals surface area contributed by atoms with Gasteiger partial charge >= 0.3 is 0 Å². The molecule has 0 spiro atoms. The van der Waals surface area contributed by atoms with Crippen LogP contribution in [-0.4, -0.2) is 41.0 Å². The van der Waals surface area contributed by atoms with Gasteiger partial charge in [-0.25, -0.2) is 0 Å². The van der Waals surface area contributed by atoms with E-state index in [1.54, 1.807) is 23.1 Å². The van der Waals surface area contributed by atoms with Crippen LogP contribution in [-0.2, 0) is 9.59 Å². The predicted octanol–water partition coefficient (Wildman–Crippen LogP) is 3.52. The van der Waals surface area contributed by atoms with Crippen LogP contribution in [0.4, 0.5) is 11.4 Å². The zero-order valence-corrected chi connectivity index (χ0v) is 17.1. The van der Waals surface area contributed by atoms with Crippen molar-refractivity contribution >= 4 is 63.7 Å².